The molecule has 2 aromatic heterocycles. The predicted octanol–water partition coefficient (Wildman–Crippen LogP) is 1.74. The van der Waals surface area contributed by atoms with E-state index in [4.69, 9.17) is 16.3 Å². The van der Waals surface area contributed by atoms with E-state index in [0.29, 0.717) is 16.3 Å². The van der Waals surface area contributed by atoms with Crippen molar-refractivity contribution in [3.05, 3.63) is 63.5 Å². The molecular weight excluding hydrogens is 370 g/mol. The van der Waals surface area contributed by atoms with Gasteiger partial charge in [-0.25, -0.2) is 4.68 Å². The molecule has 27 heavy (non-hydrogen) atoms. The molecule has 0 bridgehead atoms. The zero-order chi connectivity index (χ0) is 19.4. The van der Waals surface area contributed by atoms with Crippen molar-refractivity contribution in [2.24, 2.45) is 7.05 Å². The van der Waals surface area contributed by atoms with Crippen molar-refractivity contribution in [1.29, 1.82) is 0 Å². The Balaban J connectivity index is 1.69. The summed E-state index contributed by atoms with van der Waals surface area (Å²) in [7, 11) is 3.15. The van der Waals surface area contributed by atoms with Crippen molar-refractivity contribution >= 4 is 17.5 Å². The summed E-state index contributed by atoms with van der Waals surface area (Å²) >= 11 is 5.90. The molecule has 0 atom stereocenters. The van der Waals surface area contributed by atoms with Gasteiger partial charge in [0.2, 0.25) is 5.88 Å². The molecule has 9 heteroatoms. The summed E-state index contributed by atoms with van der Waals surface area (Å²) in [4.78, 5) is 24.3. The van der Waals surface area contributed by atoms with Gasteiger partial charge in [0.1, 0.15) is 5.56 Å². The second-order valence-corrected chi connectivity index (χ2v) is 6.20. The molecule has 0 saturated heterocycles. The second kappa shape index (κ2) is 8.05. The van der Waals surface area contributed by atoms with E-state index in [9.17, 15) is 9.59 Å². The van der Waals surface area contributed by atoms with E-state index >= 15 is 0 Å². The van der Waals surface area contributed by atoms with Crippen LogP contribution in [0.2, 0.25) is 5.02 Å². The number of aromatic nitrogens is 4. The molecule has 8 nitrogen and oxygen atoms in total. The molecule has 0 aliphatic rings. The first-order valence-corrected chi connectivity index (χ1v) is 8.55. The van der Waals surface area contributed by atoms with Crippen LogP contribution < -0.4 is 15.6 Å². The molecule has 0 aliphatic carbocycles. The first kappa shape index (κ1) is 18.7. The van der Waals surface area contributed by atoms with E-state index in [1.807, 2.05) is 12.1 Å². The Hall–Kier alpha value is -3.13. The molecule has 0 saturated carbocycles. The summed E-state index contributed by atoms with van der Waals surface area (Å²) in [6.45, 7) is 0.461. The molecule has 3 rings (SSSR count). The third-order valence-corrected chi connectivity index (χ3v) is 4.10. The third kappa shape index (κ3) is 4.35. The number of carbonyl (C=O) groups excluding carboxylic acids is 1. The van der Waals surface area contributed by atoms with Crippen LogP contribution >= 0.6 is 11.6 Å². The number of nitrogens with zero attached hydrogens (tertiary/aromatic N) is 4. The van der Waals surface area contributed by atoms with Crippen LogP contribution in [0.25, 0.3) is 11.3 Å². The number of amides is 1. The minimum atomic E-state index is -0.332. The van der Waals surface area contributed by atoms with E-state index < -0.39 is 0 Å². The Morgan fingerprint density at radius 3 is 2.63 bits per heavy atom. The van der Waals surface area contributed by atoms with Gasteiger partial charge < -0.3 is 10.1 Å². The topological polar surface area (TPSA) is 91.0 Å². The molecule has 0 aliphatic heterocycles. The smallest absolute Gasteiger partial charge is 0.266 e. The van der Waals surface area contributed by atoms with Gasteiger partial charge in [0, 0.05) is 36.4 Å². The van der Waals surface area contributed by atoms with Gasteiger partial charge in [-0.2, -0.15) is 5.10 Å². The maximum Gasteiger partial charge on any atom is 0.266 e. The highest BCUT2D eigenvalue weighted by atomic mass is 35.5. The van der Waals surface area contributed by atoms with Crippen LogP contribution in [0.4, 0.5) is 0 Å². The fraction of sp³-hybridized carbons (Fsp3) is 0.222. The lowest BCUT2D eigenvalue weighted by molar-refractivity contribution is 0.0948. The van der Waals surface area contributed by atoms with E-state index in [1.54, 1.807) is 31.4 Å². The Labute approximate surface area is 160 Å². The van der Waals surface area contributed by atoms with Gasteiger partial charge in [-0.1, -0.05) is 23.7 Å². The van der Waals surface area contributed by atoms with Gasteiger partial charge in [0.15, 0.2) is 0 Å². The standard InChI is InChI=1S/C18H18ClN5O3/c1-23-11-14(18(22-23)27-2)17(26)20-9-10-24-16(25)8-7-15(21-24)12-3-5-13(19)6-4-12/h3-8,11H,9-10H2,1-2H3,(H,20,26). The lowest BCUT2D eigenvalue weighted by Gasteiger charge is -2.08. The fourth-order valence-corrected chi connectivity index (χ4v) is 2.65. The molecule has 0 unspecified atom stereocenters. The van der Waals surface area contributed by atoms with Gasteiger partial charge in [-0.15, -0.1) is 5.10 Å². The molecule has 2 heterocycles. The summed E-state index contributed by atoms with van der Waals surface area (Å²) in [5.74, 6) is -0.0862. The highest BCUT2D eigenvalue weighted by molar-refractivity contribution is 6.30. The van der Waals surface area contributed by atoms with Gasteiger partial charge in [0.05, 0.1) is 19.3 Å². The van der Waals surface area contributed by atoms with E-state index in [2.05, 4.69) is 15.5 Å². The molecule has 3 aromatic rings. The monoisotopic (exact) mass is 387 g/mol. The van der Waals surface area contributed by atoms with Crippen molar-refractivity contribution in [3.8, 4) is 17.1 Å². The molecule has 0 fully saturated rings. The van der Waals surface area contributed by atoms with Gasteiger partial charge in [-0.3, -0.25) is 14.3 Å². The Kier molecular flexibility index (Phi) is 5.56. The highest BCUT2D eigenvalue weighted by Crippen LogP contribution is 2.18. The predicted molar refractivity (Wildman–Crippen MR) is 101 cm³/mol. The molecular formula is C18H18ClN5O3. The number of benzene rings is 1. The lowest BCUT2D eigenvalue weighted by Crippen LogP contribution is -2.32. The number of rotatable bonds is 6. The van der Waals surface area contributed by atoms with E-state index in [0.717, 1.165) is 5.56 Å². The van der Waals surface area contributed by atoms with Crippen LogP contribution in [0.5, 0.6) is 5.88 Å². The number of hydrogen-bond acceptors (Lipinski definition) is 5. The molecule has 1 aromatic carbocycles. The number of methoxy groups -OCH3 is 1. The Bertz CT molecular complexity index is 1010. The minimum Gasteiger partial charge on any atom is -0.479 e. The summed E-state index contributed by atoms with van der Waals surface area (Å²) in [6, 6.07) is 10.3. The van der Waals surface area contributed by atoms with Crippen LogP contribution in [0.1, 0.15) is 10.4 Å². The number of aryl methyl sites for hydroxylation is 1. The second-order valence-electron chi connectivity index (χ2n) is 5.77. The zero-order valence-corrected chi connectivity index (χ0v) is 15.6. The Morgan fingerprint density at radius 1 is 1.19 bits per heavy atom. The fourth-order valence-electron chi connectivity index (χ4n) is 2.53. The summed E-state index contributed by atoms with van der Waals surface area (Å²) < 4.78 is 7.88. The SMILES string of the molecule is COc1nn(C)cc1C(=O)NCCn1nc(-c2ccc(Cl)cc2)ccc1=O. The van der Waals surface area contributed by atoms with E-state index in [-0.39, 0.29) is 30.4 Å². The van der Waals surface area contributed by atoms with Crippen LogP contribution in [0.15, 0.2) is 47.4 Å². The average Bonchev–Trinajstić information content (AvgIpc) is 3.05. The van der Waals surface area contributed by atoms with Gasteiger partial charge in [-0.05, 0) is 18.2 Å². The Morgan fingerprint density at radius 2 is 1.93 bits per heavy atom. The van der Waals surface area contributed by atoms with Crippen molar-refractivity contribution in [2.75, 3.05) is 13.7 Å². The van der Waals surface area contributed by atoms with Crippen molar-refractivity contribution in [3.63, 3.8) is 0 Å². The summed E-state index contributed by atoms with van der Waals surface area (Å²) in [5, 5.41) is 11.8. The number of nitrogens with one attached hydrogen (secondary N) is 1. The number of ether oxygens (including phenoxy) is 1. The molecule has 0 spiro atoms. The van der Waals surface area contributed by atoms with Crippen molar-refractivity contribution in [1.82, 2.24) is 24.9 Å². The normalized spacial score (nSPS) is 10.6. The van der Waals surface area contributed by atoms with Crippen LogP contribution in [-0.4, -0.2) is 39.1 Å². The summed E-state index contributed by atoms with van der Waals surface area (Å²) in [6.07, 6.45) is 1.57. The molecule has 1 N–H and O–H groups in total. The quantitative estimate of drug-likeness (QED) is 0.695. The first-order chi connectivity index (χ1) is 13.0. The zero-order valence-electron chi connectivity index (χ0n) is 14.8. The summed E-state index contributed by atoms with van der Waals surface area (Å²) in [5.41, 5.74) is 1.57. The first-order valence-electron chi connectivity index (χ1n) is 8.18. The maximum atomic E-state index is 12.3. The molecule has 140 valence electrons. The average molecular weight is 388 g/mol. The van der Waals surface area contributed by atoms with Crippen LogP contribution in [-0.2, 0) is 13.6 Å². The third-order valence-electron chi connectivity index (χ3n) is 3.85. The molecule has 1 amide bonds. The lowest BCUT2D eigenvalue weighted by atomic mass is 10.1. The number of carbonyl (C=O) groups is 1. The van der Waals surface area contributed by atoms with Crippen molar-refractivity contribution < 1.29 is 9.53 Å². The number of halogens is 1. The largest absolute Gasteiger partial charge is 0.479 e. The van der Waals surface area contributed by atoms with Crippen LogP contribution in [0, 0.1) is 0 Å². The van der Waals surface area contributed by atoms with Crippen molar-refractivity contribution in [2.45, 2.75) is 6.54 Å². The number of hydrogen-bond donors (Lipinski definition) is 1. The van der Waals surface area contributed by atoms with Gasteiger partial charge in [0.25, 0.3) is 11.5 Å². The molecule has 0 radical (unpaired) electrons. The highest BCUT2D eigenvalue weighted by Gasteiger charge is 2.15. The van der Waals surface area contributed by atoms with Gasteiger partial charge >= 0.3 is 0 Å². The van der Waals surface area contributed by atoms with E-state index in [1.165, 1.54) is 22.5 Å². The van der Waals surface area contributed by atoms with Crippen LogP contribution in [0.3, 0.4) is 0 Å². The minimum absolute atomic E-state index is 0.230. The maximum absolute atomic E-state index is 12.3.